The molecule has 0 spiro atoms. The Morgan fingerprint density at radius 2 is 1.62 bits per heavy atom. The van der Waals surface area contributed by atoms with Crippen molar-refractivity contribution in [2.75, 3.05) is 5.32 Å². The highest BCUT2D eigenvalue weighted by molar-refractivity contribution is 5.94. The molecule has 0 bridgehead atoms. The highest BCUT2D eigenvalue weighted by Gasteiger charge is 2.11. The minimum atomic E-state index is -0.123. The lowest BCUT2D eigenvalue weighted by Crippen LogP contribution is -2.22. The van der Waals surface area contributed by atoms with Crippen LogP contribution in [0.1, 0.15) is 15.9 Å². The Morgan fingerprint density at radius 1 is 0.844 bits per heavy atom. The van der Waals surface area contributed by atoms with E-state index >= 15 is 0 Å². The van der Waals surface area contributed by atoms with Crippen LogP contribution in [0.4, 0.5) is 11.6 Å². The molecule has 0 saturated carbocycles. The van der Waals surface area contributed by atoms with Crippen LogP contribution < -0.4 is 10.6 Å². The van der Waals surface area contributed by atoms with Crippen molar-refractivity contribution >= 4 is 23.2 Å². The molecule has 7 nitrogen and oxygen atoms in total. The molecule has 3 aromatic heterocycles. The van der Waals surface area contributed by atoms with Crippen molar-refractivity contribution < 1.29 is 4.79 Å². The maximum Gasteiger partial charge on any atom is 0.251 e. The summed E-state index contributed by atoms with van der Waals surface area (Å²) in [5.74, 6) is 0.400. The van der Waals surface area contributed by atoms with Crippen molar-refractivity contribution in [1.82, 2.24) is 24.9 Å². The summed E-state index contributed by atoms with van der Waals surface area (Å²) in [6, 6.07) is 26.9. The lowest BCUT2D eigenvalue weighted by Gasteiger charge is -2.07. The van der Waals surface area contributed by atoms with E-state index in [2.05, 4.69) is 25.7 Å². The van der Waals surface area contributed by atoms with Crippen LogP contribution >= 0.6 is 0 Å². The van der Waals surface area contributed by atoms with E-state index in [0.29, 0.717) is 18.1 Å². The van der Waals surface area contributed by atoms with Crippen LogP contribution in [0.3, 0.4) is 0 Å². The van der Waals surface area contributed by atoms with Crippen LogP contribution in [-0.2, 0) is 6.54 Å². The van der Waals surface area contributed by atoms with Gasteiger partial charge in [0.25, 0.3) is 5.91 Å². The monoisotopic (exact) mass is 420 g/mol. The fourth-order valence-corrected chi connectivity index (χ4v) is 3.40. The number of hydrogen-bond acceptors (Lipinski definition) is 5. The molecule has 32 heavy (non-hydrogen) atoms. The maximum atomic E-state index is 12.5. The van der Waals surface area contributed by atoms with Crippen LogP contribution in [0.2, 0.25) is 0 Å². The second kappa shape index (κ2) is 8.69. The molecule has 0 saturated heterocycles. The Labute approximate surface area is 184 Å². The Balaban J connectivity index is 1.35. The summed E-state index contributed by atoms with van der Waals surface area (Å²) in [5.41, 5.74) is 5.09. The topological polar surface area (TPSA) is 84.2 Å². The highest BCUT2D eigenvalue weighted by atomic mass is 16.1. The van der Waals surface area contributed by atoms with Gasteiger partial charge < -0.3 is 10.6 Å². The number of amides is 1. The first-order valence-electron chi connectivity index (χ1n) is 10.2. The first-order chi connectivity index (χ1) is 15.8. The van der Waals surface area contributed by atoms with Gasteiger partial charge in [0, 0.05) is 35.8 Å². The number of fused-ring (bicyclic) bond motifs is 1. The summed E-state index contributed by atoms with van der Waals surface area (Å²) in [7, 11) is 0. The zero-order valence-corrected chi connectivity index (χ0v) is 17.1. The molecule has 2 N–H and O–H groups in total. The van der Waals surface area contributed by atoms with Crippen molar-refractivity contribution in [2.24, 2.45) is 0 Å². The molecule has 5 rings (SSSR count). The summed E-state index contributed by atoms with van der Waals surface area (Å²) in [4.78, 5) is 21.0. The van der Waals surface area contributed by atoms with Crippen LogP contribution in [0.15, 0.2) is 97.3 Å². The van der Waals surface area contributed by atoms with Crippen LogP contribution in [0.5, 0.6) is 0 Å². The summed E-state index contributed by atoms with van der Waals surface area (Å²) < 4.78 is 1.80. The number of anilines is 2. The van der Waals surface area contributed by atoms with Gasteiger partial charge in [-0.2, -0.15) is 4.98 Å². The molecule has 0 aliphatic heterocycles. The number of pyridine rings is 2. The van der Waals surface area contributed by atoms with Crippen LogP contribution in [0.25, 0.3) is 16.9 Å². The molecule has 0 aliphatic rings. The van der Waals surface area contributed by atoms with Gasteiger partial charge in [-0.15, -0.1) is 5.10 Å². The predicted molar refractivity (Wildman–Crippen MR) is 124 cm³/mol. The van der Waals surface area contributed by atoms with Crippen molar-refractivity contribution in [3.8, 4) is 11.3 Å². The average molecular weight is 420 g/mol. The molecular formula is C25H20N6O. The molecular weight excluding hydrogens is 400 g/mol. The SMILES string of the molecule is O=C(NCc1ccncc1)c1ccc(-c2cccc3nc(Nc4ccccc4)nn23)cc1. The lowest BCUT2D eigenvalue weighted by atomic mass is 10.1. The number of aromatic nitrogens is 4. The van der Waals surface area contributed by atoms with Gasteiger partial charge in [-0.25, -0.2) is 4.52 Å². The van der Waals surface area contributed by atoms with Gasteiger partial charge in [-0.3, -0.25) is 9.78 Å². The zero-order chi connectivity index (χ0) is 21.8. The first-order valence-corrected chi connectivity index (χ1v) is 10.2. The van der Waals surface area contributed by atoms with Gasteiger partial charge in [-0.05, 0) is 54.1 Å². The Morgan fingerprint density at radius 3 is 2.41 bits per heavy atom. The largest absolute Gasteiger partial charge is 0.348 e. The number of carbonyl (C=O) groups excluding carboxylic acids is 1. The van der Waals surface area contributed by atoms with Crippen molar-refractivity contribution in [3.05, 3.63) is 108 Å². The predicted octanol–water partition coefficient (Wildman–Crippen LogP) is 4.46. The smallest absolute Gasteiger partial charge is 0.251 e. The van der Waals surface area contributed by atoms with Crippen molar-refractivity contribution in [2.45, 2.75) is 6.54 Å². The third-order valence-electron chi connectivity index (χ3n) is 5.03. The van der Waals surface area contributed by atoms with Gasteiger partial charge in [0.2, 0.25) is 5.95 Å². The van der Waals surface area contributed by atoms with Gasteiger partial charge in [0.15, 0.2) is 5.65 Å². The number of para-hydroxylation sites is 1. The number of rotatable bonds is 6. The number of hydrogen-bond donors (Lipinski definition) is 2. The van der Waals surface area contributed by atoms with Gasteiger partial charge in [-0.1, -0.05) is 36.4 Å². The number of carbonyl (C=O) groups is 1. The van der Waals surface area contributed by atoms with E-state index in [4.69, 9.17) is 0 Å². The van der Waals surface area contributed by atoms with Crippen molar-refractivity contribution in [3.63, 3.8) is 0 Å². The van der Waals surface area contributed by atoms with Crippen LogP contribution in [-0.4, -0.2) is 25.5 Å². The van der Waals surface area contributed by atoms with E-state index in [-0.39, 0.29) is 5.91 Å². The summed E-state index contributed by atoms with van der Waals surface area (Å²) in [6.45, 7) is 0.457. The molecule has 0 fully saturated rings. The standard InChI is InChI=1S/C25H20N6O/c32-24(27-17-18-13-15-26-16-14-18)20-11-9-19(10-12-20)22-7-4-8-23-29-25(30-31(22)23)28-21-5-2-1-3-6-21/h1-16H,17H2,(H,27,32)(H,28,30). The summed E-state index contributed by atoms with van der Waals surface area (Å²) in [6.07, 6.45) is 3.42. The molecule has 0 radical (unpaired) electrons. The molecule has 5 aromatic rings. The van der Waals surface area contributed by atoms with E-state index in [1.807, 2.05) is 84.9 Å². The number of nitrogens with one attached hydrogen (secondary N) is 2. The quantitative estimate of drug-likeness (QED) is 0.424. The summed E-state index contributed by atoms with van der Waals surface area (Å²) >= 11 is 0. The zero-order valence-electron chi connectivity index (χ0n) is 17.1. The van der Waals surface area contributed by atoms with E-state index in [9.17, 15) is 4.79 Å². The maximum absolute atomic E-state index is 12.5. The molecule has 0 unspecified atom stereocenters. The van der Waals surface area contributed by atoms with Crippen LogP contribution in [0, 0.1) is 0 Å². The highest BCUT2D eigenvalue weighted by Crippen LogP contribution is 2.22. The second-order valence-corrected chi connectivity index (χ2v) is 7.22. The molecule has 2 aromatic carbocycles. The molecule has 156 valence electrons. The molecule has 3 heterocycles. The van der Waals surface area contributed by atoms with Gasteiger partial charge in [0.1, 0.15) is 0 Å². The Hall–Kier alpha value is -4.52. The average Bonchev–Trinajstić information content (AvgIpc) is 3.26. The normalized spacial score (nSPS) is 10.8. The fraction of sp³-hybridized carbons (Fsp3) is 0.0400. The van der Waals surface area contributed by atoms with Gasteiger partial charge in [0.05, 0.1) is 5.69 Å². The lowest BCUT2D eigenvalue weighted by molar-refractivity contribution is 0.0951. The minimum absolute atomic E-state index is 0.123. The minimum Gasteiger partial charge on any atom is -0.348 e. The number of nitrogens with zero attached hydrogens (tertiary/aromatic N) is 4. The molecule has 0 aliphatic carbocycles. The third kappa shape index (κ3) is 4.17. The van der Waals surface area contributed by atoms with Gasteiger partial charge >= 0.3 is 0 Å². The van der Waals surface area contributed by atoms with Crippen molar-refractivity contribution in [1.29, 1.82) is 0 Å². The van der Waals surface area contributed by atoms with E-state index < -0.39 is 0 Å². The molecule has 7 heteroatoms. The molecule has 0 atom stereocenters. The third-order valence-corrected chi connectivity index (χ3v) is 5.03. The first kappa shape index (κ1) is 19.4. The Kier molecular flexibility index (Phi) is 5.28. The summed E-state index contributed by atoms with van der Waals surface area (Å²) in [5, 5.41) is 10.8. The van der Waals surface area contributed by atoms with E-state index in [1.54, 1.807) is 16.9 Å². The van der Waals surface area contributed by atoms with E-state index in [0.717, 1.165) is 28.2 Å². The van der Waals surface area contributed by atoms with E-state index in [1.165, 1.54) is 0 Å². The second-order valence-electron chi connectivity index (χ2n) is 7.22. The number of benzene rings is 2. The molecule has 1 amide bonds. The Bertz CT molecular complexity index is 1350. The fourth-order valence-electron chi connectivity index (χ4n) is 3.40.